The normalized spacial score (nSPS) is 11.9. The fourth-order valence-electron chi connectivity index (χ4n) is 1.69. The molecule has 21 heavy (non-hydrogen) atoms. The van der Waals surface area contributed by atoms with Crippen molar-refractivity contribution in [3.05, 3.63) is 17.2 Å². The number of ether oxygens (including phenoxy) is 1. The van der Waals surface area contributed by atoms with Gasteiger partial charge in [0.15, 0.2) is 0 Å². The quantitative estimate of drug-likeness (QED) is 0.247. The highest BCUT2D eigenvalue weighted by Gasteiger charge is 2.11. The summed E-state index contributed by atoms with van der Waals surface area (Å²) in [7, 11) is 0. The second-order valence-electron chi connectivity index (χ2n) is 4.10. The second kappa shape index (κ2) is 8.08. The summed E-state index contributed by atoms with van der Waals surface area (Å²) < 4.78 is 13.7. The van der Waals surface area contributed by atoms with Crippen LogP contribution in [0.15, 0.2) is 17.1 Å². The van der Waals surface area contributed by atoms with E-state index in [1.54, 1.807) is 6.07 Å². The molecule has 0 fully saturated rings. The predicted octanol–water partition coefficient (Wildman–Crippen LogP) is 2.00. The summed E-state index contributed by atoms with van der Waals surface area (Å²) in [6, 6.07) is 3.58. The molecular formula is C12H17ClN6OS. The van der Waals surface area contributed by atoms with Crippen LogP contribution in [0, 0.1) is 0 Å². The third-order valence-corrected chi connectivity index (χ3v) is 3.54. The molecule has 0 radical (unpaired) electrons. The van der Waals surface area contributed by atoms with E-state index < -0.39 is 0 Å². The number of halogens is 1. The highest BCUT2D eigenvalue weighted by Crippen LogP contribution is 2.29. The molecule has 4 N–H and O–H groups in total. The summed E-state index contributed by atoms with van der Waals surface area (Å²) in [5.41, 5.74) is 4.64. The van der Waals surface area contributed by atoms with Gasteiger partial charge in [-0.2, -0.15) is 8.75 Å². The van der Waals surface area contributed by atoms with Crippen molar-refractivity contribution < 1.29 is 4.74 Å². The molecule has 0 saturated carbocycles. The molecule has 0 atom stereocenters. The number of hydrogen-bond donors (Lipinski definition) is 3. The summed E-state index contributed by atoms with van der Waals surface area (Å²) in [5.74, 6) is 5.90. The van der Waals surface area contributed by atoms with Gasteiger partial charge in [0.25, 0.3) is 0 Å². The average Bonchev–Trinajstić information content (AvgIpc) is 2.96. The first-order valence-electron chi connectivity index (χ1n) is 6.52. The Labute approximate surface area is 131 Å². The van der Waals surface area contributed by atoms with Crippen LogP contribution in [-0.2, 0) is 4.74 Å². The van der Waals surface area contributed by atoms with Gasteiger partial charge in [-0.25, -0.2) is 5.84 Å². The van der Waals surface area contributed by atoms with E-state index in [1.165, 1.54) is 0 Å². The SMILES string of the molecule is CCOCCCN=C(NN)Nc1c(Cl)ccc2nsnc12. The fraction of sp³-hybridized carbons (Fsp3) is 0.417. The predicted molar refractivity (Wildman–Crippen MR) is 86.8 cm³/mol. The Bertz CT molecular complexity index is 617. The molecule has 1 aromatic heterocycles. The summed E-state index contributed by atoms with van der Waals surface area (Å²) in [5, 5.41) is 3.60. The van der Waals surface area contributed by atoms with Gasteiger partial charge >= 0.3 is 0 Å². The first-order chi connectivity index (χ1) is 10.3. The summed E-state index contributed by atoms with van der Waals surface area (Å²) in [4.78, 5) is 4.33. The van der Waals surface area contributed by atoms with Gasteiger partial charge in [0.05, 0.1) is 22.4 Å². The van der Waals surface area contributed by atoms with Gasteiger partial charge in [0, 0.05) is 19.8 Å². The molecule has 2 aromatic rings. The number of benzene rings is 1. The number of nitrogens with zero attached hydrogens (tertiary/aromatic N) is 3. The van der Waals surface area contributed by atoms with Crippen LogP contribution in [0.1, 0.15) is 13.3 Å². The van der Waals surface area contributed by atoms with Gasteiger partial charge in [-0.3, -0.25) is 10.4 Å². The fourth-order valence-corrected chi connectivity index (χ4v) is 2.43. The first kappa shape index (κ1) is 15.9. The van der Waals surface area contributed by atoms with Crippen molar-refractivity contribution in [1.29, 1.82) is 0 Å². The van der Waals surface area contributed by atoms with Gasteiger partial charge < -0.3 is 10.1 Å². The lowest BCUT2D eigenvalue weighted by Gasteiger charge is -2.11. The maximum absolute atomic E-state index is 6.19. The molecular weight excluding hydrogens is 312 g/mol. The minimum Gasteiger partial charge on any atom is -0.382 e. The molecule has 1 aromatic carbocycles. The molecule has 7 nitrogen and oxygen atoms in total. The van der Waals surface area contributed by atoms with Crippen molar-refractivity contribution in [3.8, 4) is 0 Å². The maximum Gasteiger partial charge on any atom is 0.210 e. The lowest BCUT2D eigenvalue weighted by molar-refractivity contribution is 0.146. The van der Waals surface area contributed by atoms with E-state index in [9.17, 15) is 0 Å². The lowest BCUT2D eigenvalue weighted by atomic mass is 10.2. The molecule has 0 bridgehead atoms. The van der Waals surface area contributed by atoms with Gasteiger partial charge in [-0.1, -0.05) is 11.6 Å². The van der Waals surface area contributed by atoms with Crippen molar-refractivity contribution in [3.63, 3.8) is 0 Å². The minimum absolute atomic E-state index is 0.425. The molecule has 9 heteroatoms. The molecule has 114 valence electrons. The van der Waals surface area contributed by atoms with Crippen molar-refractivity contribution in [2.24, 2.45) is 10.8 Å². The molecule has 0 unspecified atom stereocenters. The smallest absolute Gasteiger partial charge is 0.210 e. The number of anilines is 1. The zero-order chi connectivity index (χ0) is 15.1. The largest absolute Gasteiger partial charge is 0.382 e. The topological polar surface area (TPSA) is 97.5 Å². The lowest BCUT2D eigenvalue weighted by Crippen LogP contribution is -2.36. The van der Waals surface area contributed by atoms with Crippen LogP contribution in [0.2, 0.25) is 5.02 Å². The van der Waals surface area contributed by atoms with E-state index in [4.69, 9.17) is 22.2 Å². The van der Waals surface area contributed by atoms with Gasteiger partial charge in [-0.05, 0) is 25.5 Å². The van der Waals surface area contributed by atoms with E-state index in [0.29, 0.717) is 41.9 Å². The van der Waals surface area contributed by atoms with Crippen LogP contribution < -0.4 is 16.6 Å². The standard InChI is InChI=1S/C12H17ClN6OS/c1-2-20-7-3-6-15-12(17-14)16-10-8(13)4-5-9-11(10)19-21-18-9/h4-5H,2-3,6-7,14H2,1H3,(H2,15,16,17). The molecule has 0 aliphatic carbocycles. The minimum atomic E-state index is 0.425. The number of guanidine groups is 1. The van der Waals surface area contributed by atoms with Crippen LogP contribution in [0.3, 0.4) is 0 Å². The number of rotatable bonds is 6. The van der Waals surface area contributed by atoms with E-state index in [1.807, 2.05) is 13.0 Å². The number of nitrogens with two attached hydrogens (primary N) is 1. The molecule has 0 spiro atoms. The Hall–Kier alpha value is -1.48. The third kappa shape index (κ3) is 4.24. The Morgan fingerprint density at radius 2 is 2.33 bits per heavy atom. The van der Waals surface area contributed by atoms with E-state index in [2.05, 4.69) is 24.5 Å². The van der Waals surface area contributed by atoms with Crippen LogP contribution in [-0.4, -0.2) is 34.5 Å². The van der Waals surface area contributed by atoms with Gasteiger partial charge in [0.2, 0.25) is 5.96 Å². The van der Waals surface area contributed by atoms with Crippen molar-refractivity contribution in [1.82, 2.24) is 14.2 Å². The zero-order valence-electron chi connectivity index (χ0n) is 11.6. The molecule has 0 amide bonds. The van der Waals surface area contributed by atoms with Crippen LogP contribution in [0.5, 0.6) is 0 Å². The monoisotopic (exact) mass is 328 g/mol. The van der Waals surface area contributed by atoms with E-state index >= 15 is 0 Å². The van der Waals surface area contributed by atoms with E-state index in [0.717, 1.165) is 23.7 Å². The van der Waals surface area contributed by atoms with Crippen LogP contribution in [0.25, 0.3) is 11.0 Å². The number of hydrazine groups is 1. The van der Waals surface area contributed by atoms with Crippen molar-refractivity contribution in [2.45, 2.75) is 13.3 Å². The summed E-state index contributed by atoms with van der Waals surface area (Å²) >= 11 is 7.33. The highest BCUT2D eigenvalue weighted by atomic mass is 35.5. The number of aliphatic imine (C=N–C) groups is 1. The zero-order valence-corrected chi connectivity index (χ0v) is 13.2. The van der Waals surface area contributed by atoms with E-state index in [-0.39, 0.29) is 0 Å². The molecule has 1 heterocycles. The van der Waals surface area contributed by atoms with Crippen LogP contribution >= 0.6 is 23.3 Å². The van der Waals surface area contributed by atoms with Gasteiger partial charge in [0.1, 0.15) is 11.0 Å². The third-order valence-electron chi connectivity index (χ3n) is 2.68. The first-order valence-corrected chi connectivity index (χ1v) is 7.63. The number of nitrogens with one attached hydrogen (secondary N) is 2. The summed E-state index contributed by atoms with van der Waals surface area (Å²) in [6.07, 6.45) is 0.816. The molecule has 0 aliphatic rings. The Morgan fingerprint density at radius 3 is 3.10 bits per heavy atom. The molecule has 0 saturated heterocycles. The Kier molecular flexibility index (Phi) is 6.12. The summed E-state index contributed by atoms with van der Waals surface area (Å²) in [6.45, 7) is 3.93. The second-order valence-corrected chi connectivity index (χ2v) is 5.04. The Morgan fingerprint density at radius 1 is 1.48 bits per heavy atom. The Balaban J connectivity index is 2.07. The number of fused-ring (bicyclic) bond motifs is 1. The highest BCUT2D eigenvalue weighted by molar-refractivity contribution is 7.00. The molecule has 0 aliphatic heterocycles. The average molecular weight is 329 g/mol. The van der Waals surface area contributed by atoms with Crippen LogP contribution in [0.4, 0.5) is 5.69 Å². The number of hydrogen-bond acceptors (Lipinski definition) is 6. The maximum atomic E-state index is 6.19. The van der Waals surface area contributed by atoms with Crippen molar-refractivity contribution >= 4 is 46.0 Å². The van der Waals surface area contributed by atoms with Gasteiger partial charge in [-0.15, -0.1) is 0 Å². The van der Waals surface area contributed by atoms with Crippen molar-refractivity contribution in [2.75, 3.05) is 25.1 Å². The molecule has 2 rings (SSSR count). The number of aromatic nitrogens is 2.